The van der Waals surface area contributed by atoms with Crippen LogP contribution in [0.2, 0.25) is 0 Å². The van der Waals surface area contributed by atoms with Crippen molar-refractivity contribution < 1.29 is 0 Å². The Kier molecular flexibility index (Phi) is 3.94. The van der Waals surface area contributed by atoms with Gasteiger partial charge in [0.2, 0.25) is 0 Å². The Morgan fingerprint density at radius 1 is 1.46 bits per heavy atom. The van der Waals surface area contributed by atoms with Crippen LogP contribution in [0.5, 0.6) is 0 Å². The van der Waals surface area contributed by atoms with Gasteiger partial charge in [0, 0.05) is 10.9 Å². The van der Waals surface area contributed by atoms with E-state index in [1.165, 1.54) is 10.4 Å². The van der Waals surface area contributed by atoms with Crippen LogP contribution in [0.1, 0.15) is 31.2 Å². The highest BCUT2D eigenvalue weighted by Gasteiger charge is 2.11. The Morgan fingerprint density at radius 2 is 2.15 bits per heavy atom. The molecule has 1 unspecified atom stereocenters. The van der Waals surface area contributed by atoms with Crippen molar-refractivity contribution in [2.45, 2.75) is 39.7 Å². The lowest BCUT2D eigenvalue weighted by Gasteiger charge is -2.15. The van der Waals surface area contributed by atoms with E-state index in [2.05, 4.69) is 32.2 Å². The molecule has 0 aromatic carbocycles. The minimum Gasteiger partial charge on any atom is -0.327 e. The summed E-state index contributed by atoms with van der Waals surface area (Å²) in [5.41, 5.74) is 7.49. The Hall–Kier alpha value is -0.340. The first-order valence-corrected chi connectivity index (χ1v) is 5.84. The van der Waals surface area contributed by atoms with Crippen LogP contribution in [0.15, 0.2) is 11.4 Å². The van der Waals surface area contributed by atoms with Crippen LogP contribution < -0.4 is 5.73 Å². The summed E-state index contributed by atoms with van der Waals surface area (Å²) in [6, 6.07) is 2.52. The number of hydrogen-bond donors (Lipinski definition) is 1. The molecule has 13 heavy (non-hydrogen) atoms. The summed E-state index contributed by atoms with van der Waals surface area (Å²) >= 11 is 1.85. The minimum atomic E-state index is 0.305. The van der Waals surface area contributed by atoms with Gasteiger partial charge in [0.25, 0.3) is 0 Å². The van der Waals surface area contributed by atoms with Crippen molar-refractivity contribution in [1.29, 1.82) is 0 Å². The van der Waals surface area contributed by atoms with Gasteiger partial charge >= 0.3 is 0 Å². The van der Waals surface area contributed by atoms with Gasteiger partial charge in [-0.3, -0.25) is 0 Å². The summed E-state index contributed by atoms with van der Waals surface area (Å²) in [4.78, 5) is 1.50. The molecule has 0 saturated heterocycles. The molecule has 0 amide bonds. The van der Waals surface area contributed by atoms with Crippen LogP contribution >= 0.6 is 11.3 Å². The fraction of sp³-hybridized carbons (Fsp3) is 0.636. The Labute approximate surface area is 85.0 Å². The summed E-state index contributed by atoms with van der Waals surface area (Å²) in [6.45, 7) is 6.57. The highest BCUT2D eigenvalue weighted by atomic mass is 32.1. The molecular formula is C11H19NS. The summed E-state index contributed by atoms with van der Waals surface area (Å²) in [7, 11) is 0. The second-order valence-electron chi connectivity index (χ2n) is 3.83. The number of hydrogen-bond acceptors (Lipinski definition) is 2. The third kappa shape index (κ3) is 2.82. The smallest absolute Gasteiger partial charge is 0.0103 e. The fourth-order valence-corrected chi connectivity index (χ4v) is 2.21. The standard InChI is InChI=1S/C11H19NS/c1-4-11-9(5-6-13-11)7-10(12)8(2)3/h5-6,8,10H,4,7,12H2,1-3H3. The van der Waals surface area contributed by atoms with E-state index in [0.717, 1.165) is 12.8 Å². The molecule has 2 heteroatoms. The maximum Gasteiger partial charge on any atom is 0.0103 e. The summed E-state index contributed by atoms with van der Waals surface area (Å²) in [6.07, 6.45) is 2.17. The zero-order valence-corrected chi connectivity index (χ0v) is 9.53. The van der Waals surface area contributed by atoms with Gasteiger partial charge in [0.05, 0.1) is 0 Å². The van der Waals surface area contributed by atoms with E-state index in [0.29, 0.717) is 12.0 Å². The van der Waals surface area contributed by atoms with Crippen LogP contribution in [0.25, 0.3) is 0 Å². The summed E-state index contributed by atoms with van der Waals surface area (Å²) in [5.74, 6) is 0.574. The largest absolute Gasteiger partial charge is 0.327 e. The van der Waals surface area contributed by atoms with Gasteiger partial charge in [0.1, 0.15) is 0 Å². The maximum atomic E-state index is 6.04. The van der Waals surface area contributed by atoms with Gasteiger partial charge in [-0.2, -0.15) is 0 Å². The van der Waals surface area contributed by atoms with Crippen LogP contribution in [-0.4, -0.2) is 6.04 Å². The maximum absolute atomic E-state index is 6.04. The Morgan fingerprint density at radius 3 is 2.69 bits per heavy atom. The molecule has 0 radical (unpaired) electrons. The van der Waals surface area contributed by atoms with Gasteiger partial charge in [-0.15, -0.1) is 11.3 Å². The molecule has 74 valence electrons. The van der Waals surface area contributed by atoms with Crippen molar-refractivity contribution in [2.75, 3.05) is 0 Å². The molecule has 1 atom stereocenters. The lowest BCUT2D eigenvalue weighted by molar-refractivity contribution is 0.490. The van der Waals surface area contributed by atoms with E-state index in [1.807, 2.05) is 11.3 Å². The van der Waals surface area contributed by atoms with Crippen molar-refractivity contribution >= 4 is 11.3 Å². The predicted molar refractivity (Wildman–Crippen MR) is 60.2 cm³/mol. The molecule has 0 saturated carbocycles. The van der Waals surface area contributed by atoms with E-state index in [4.69, 9.17) is 5.73 Å². The highest BCUT2D eigenvalue weighted by molar-refractivity contribution is 7.10. The van der Waals surface area contributed by atoms with Crippen LogP contribution in [0.4, 0.5) is 0 Å². The summed E-state index contributed by atoms with van der Waals surface area (Å²) < 4.78 is 0. The fourth-order valence-electron chi connectivity index (χ4n) is 1.35. The van der Waals surface area contributed by atoms with Crippen molar-refractivity contribution in [3.8, 4) is 0 Å². The quantitative estimate of drug-likeness (QED) is 0.789. The number of thiophene rings is 1. The third-order valence-electron chi connectivity index (χ3n) is 2.47. The molecule has 1 heterocycles. The Balaban J connectivity index is 2.62. The van der Waals surface area contributed by atoms with E-state index in [1.54, 1.807) is 0 Å². The molecule has 1 aromatic heterocycles. The molecule has 0 fully saturated rings. The number of aryl methyl sites for hydroxylation is 1. The SMILES string of the molecule is CCc1sccc1CC(N)C(C)C. The van der Waals surface area contributed by atoms with E-state index in [9.17, 15) is 0 Å². The van der Waals surface area contributed by atoms with E-state index >= 15 is 0 Å². The summed E-state index contributed by atoms with van der Waals surface area (Å²) in [5, 5.41) is 2.17. The molecule has 1 rings (SSSR count). The van der Waals surface area contributed by atoms with Crippen molar-refractivity contribution in [1.82, 2.24) is 0 Å². The third-order valence-corrected chi connectivity index (χ3v) is 3.58. The van der Waals surface area contributed by atoms with Gasteiger partial charge in [-0.25, -0.2) is 0 Å². The Bertz CT molecular complexity index is 252. The first-order chi connectivity index (χ1) is 6.15. The number of nitrogens with two attached hydrogens (primary N) is 1. The number of rotatable bonds is 4. The lowest BCUT2D eigenvalue weighted by Crippen LogP contribution is -2.28. The zero-order valence-electron chi connectivity index (χ0n) is 8.71. The van der Waals surface area contributed by atoms with Crippen LogP contribution in [0.3, 0.4) is 0 Å². The monoisotopic (exact) mass is 197 g/mol. The molecule has 0 aliphatic rings. The highest BCUT2D eigenvalue weighted by Crippen LogP contribution is 2.19. The normalized spacial score (nSPS) is 13.6. The second kappa shape index (κ2) is 4.77. The topological polar surface area (TPSA) is 26.0 Å². The first-order valence-electron chi connectivity index (χ1n) is 4.96. The van der Waals surface area contributed by atoms with Crippen molar-refractivity contribution in [3.05, 3.63) is 21.9 Å². The zero-order chi connectivity index (χ0) is 9.84. The molecule has 1 aromatic rings. The van der Waals surface area contributed by atoms with Gasteiger partial charge < -0.3 is 5.73 Å². The first kappa shape index (κ1) is 10.7. The minimum absolute atomic E-state index is 0.305. The second-order valence-corrected chi connectivity index (χ2v) is 4.84. The van der Waals surface area contributed by atoms with Crippen LogP contribution in [0, 0.1) is 5.92 Å². The van der Waals surface area contributed by atoms with E-state index in [-0.39, 0.29) is 0 Å². The van der Waals surface area contributed by atoms with Crippen molar-refractivity contribution in [2.24, 2.45) is 11.7 Å². The predicted octanol–water partition coefficient (Wildman–Crippen LogP) is 2.84. The van der Waals surface area contributed by atoms with Gasteiger partial charge in [-0.05, 0) is 35.8 Å². The van der Waals surface area contributed by atoms with Gasteiger partial charge in [0.15, 0.2) is 0 Å². The molecule has 1 nitrogen and oxygen atoms in total. The van der Waals surface area contributed by atoms with Crippen LogP contribution in [-0.2, 0) is 12.8 Å². The molecular weight excluding hydrogens is 178 g/mol. The van der Waals surface area contributed by atoms with Gasteiger partial charge in [-0.1, -0.05) is 20.8 Å². The average molecular weight is 197 g/mol. The van der Waals surface area contributed by atoms with E-state index < -0.39 is 0 Å². The molecule has 0 bridgehead atoms. The van der Waals surface area contributed by atoms with Crippen molar-refractivity contribution in [3.63, 3.8) is 0 Å². The molecule has 0 aliphatic heterocycles. The average Bonchev–Trinajstić information content (AvgIpc) is 2.51. The molecule has 0 aliphatic carbocycles. The lowest BCUT2D eigenvalue weighted by atomic mass is 9.97. The molecule has 0 spiro atoms. The molecule has 2 N–H and O–H groups in total.